The second kappa shape index (κ2) is 8.56. The summed E-state index contributed by atoms with van der Waals surface area (Å²) in [6.45, 7) is 7.62. The van der Waals surface area contributed by atoms with E-state index >= 15 is 0 Å². The highest BCUT2D eigenvalue weighted by molar-refractivity contribution is 14.1. The van der Waals surface area contributed by atoms with E-state index in [0.29, 0.717) is 12.0 Å². The molecule has 0 heterocycles. The highest BCUT2D eigenvalue weighted by Gasteiger charge is 2.15. The van der Waals surface area contributed by atoms with Crippen molar-refractivity contribution in [1.82, 2.24) is 5.32 Å². The lowest BCUT2D eigenvalue weighted by Crippen LogP contribution is -2.33. The van der Waals surface area contributed by atoms with Crippen LogP contribution in [-0.4, -0.2) is 17.5 Å². The molecule has 0 bridgehead atoms. The molecule has 1 N–H and O–H groups in total. The van der Waals surface area contributed by atoms with Gasteiger partial charge >= 0.3 is 0 Å². The minimum Gasteiger partial charge on any atom is -0.314 e. The maximum absolute atomic E-state index is 10.8. The number of hydrogen-bond acceptors (Lipinski definition) is 3. The Hall–Kier alpha value is -0.690. The number of nitrogens with one attached hydrogen (secondary N) is 1. The summed E-state index contributed by atoms with van der Waals surface area (Å²) in [5.74, 6) is 0.639. The van der Waals surface area contributed by atoms with E-state index in [1.165, 1.54) is 5.56 Å². The summed E-state index contributed by atoms with van der Waals surface area (Å²) in [6.07, 6.45) is 3.16. The summed E-state index contributed by atoms with van der Waals surface area (Å²) in [6, 6.07) is 5.58. The van der Waals surface area contributed by atoms with E-state index in [1.54, 1.807) is 12.1 Å². The first-order valence-electron chi connectivity index (χ1n) is 7.10. The van der Waals surface area contributed by atoms with Gasteiger partial charge in [0.2, 0.25) is 0 Å². The van der Waals surface area contributed by atoms with Gasteiger partial charge < -0.3 is 5.32 Å². The van der Waals surface area contributed by atoms with E-state index in [4.69, 9.17) is 0 Å². The van der Waals surface area contributed by atoms with Crippen molar-refractivity contribution >= 4 is 28.3 Å². The number of hydrogen-bond donors (Lipinski definition) is 1. The molecule has 1 atom stereocenters. The van der Waals surface area contributed by atoms with E-state index in [-0.39, 0.29) is 10.6 Å². The first-order chi connectivity index (χ1) is 9.43. The zero-order chi connectivity index (χ0) is 15.1. The minimum atomic E-state index is -0.340. The molecule has 1 aromatic carbocycles. The molecule has 1 aromatic rings. The third-order valence-electron chi connectivity index (χ3n) is 3.15. The summed E-state index contributed by atoms with van der Waals surface area (Å²) in [5, 5.41) is 14.3. The van der Waals surface area contributed by atoms with Gasteiger partial charge in [-0.05, 0) is 59.9 Å². The number of benzene rings is 1. The van der Waals surface area contributed by atoms with Crippen LogP contribution >= 0.6 is 22.6 Å². The van der Waals surface area contributed by atoms with E-state index < -0.39 is 0 Å². The number of rotatable bonds is 8. The van der Waals surface area contributed by atoms with Crippen LogP contribution in [0.3, 0.4) is 0 Å². The Labute approximate surface area is 134 Å². The van der Waals surface area contributed by atoms with Gasteiger partial charge in [-0.15, -0.1) is 0 Å². The number of nitro benzene ring substituents is 1. The molecule has 1 rings (SSSR count). The monoisotopic (exact) mass is 390 g/mol. The zero-order valence-corrected chi connectivity index (χ0v) is 14.5. The van der Waals surface area contributed by atoms with Gasteiger partial charge in [0.25, 0.3) is 5.69 Å². The lowest BCUT2D eigenvalue weighted by atomic mass is 9.97. The SMILES string of the molecule is CCCNC(Cc1ccc([N+](=O)[O-])cc1I)CC(C)C. The second-order valence-electron chi connectivity index (χ2n) is 5.52. The molecule has 0 aromatic heterocycles. The summed E-state index contributed by atoms with van der Waals surface area (Å²) in [5.41, 5.74) is 1.35. The molecule has 0 aliphatic carbocycles. The molecule has 0 amide bonds. The van der Waals surface area contributed by atoms with Gasteiger partial charge in [-0.25, -0.2) is 0 Å². The summed E-state index contributed by atoms with van der Waals surface area (Å²) in [7, 11) is 0. The Balaban J connectivity index is 2.79. The van der Waals surface area contributed by atoms with Crippen molar-refractivity contribution in [3.63, 3.8) is 0 Å². The van der Waals surface area contributed by atoms with Gasteiger partial charge in [0, 0.05) is 21.7 Å². The van der Waals surface area contributed by atoms with Crippen LogP contribution in [-0.2, 0) is 6.42 Å². The number of non-ortho nitro benzene ring substituents is 1. The molecule has 0 aliphatic heterocycles. The lowest BCUT2D eigenvalue weighted by Gasteiger charge is -2.21. The predicted octanol–water partition coefficient (Wildman–Crippen LogP) is 4.16. The second-order valence-corrected chi connectivity index (χ2v) is 6.68. The maximum atomic E-state index is 10.8. The fraction of sp³-hybridized carbons (Fsp3) is 0.600. The molecule has 1 unspecified atom stereocenters. The number of nitrogens with zero attached hydrogens (tertiary/aromatic N) is 1. The van der Waals surface area contributed by atoms with Crippen LogP contribution in [0.4, 0.5) is 5.69 Å². The first-order valence-corrected chi connectivity index (χ1v) is 8.18. The molecular formula is C15H23IN2O2. The van der Waals surface area contributed by atoms with E-state index in [0.717, 1.165) is 29.4 Å². The van der Waals surface area contributed by atoms with Crippen molar-refractivity contribution in [3.8, 4) is 0 Å². The van der Waals surface area contributed by atoms with Gasteiger partial charge in [0.05, 0.1) is 4.92 Å². The Morgan fingerprint density at radius 1 is 1.40 bits per heavy atom. The predicted molar refractivity (Wildman–Crippen MR) is 91.1 cm³/mol. The molecule has 0 aliphatic rings. The lowest BCUT2D eigenvalue weighted by molar-refractivity contribution is -0.385. The van der Waals surface area contributed by atoms with E-state index in [2.05, 4.69) is 48.7 Å². The first kappa shape index (κ1) is 17.4. The number of halogens is 1. The van der Waals surface area contributed by atoms with Gasteiger partial charge in [-0.2, -0.15) is 0 Å². The van der Waals surface area contributed by atoms with Gasteiger partial charge in [0.15, 0.2) is 0 Å². The van der Waals surface area contributed by atoms with Crippen LogP contribution in [0.2, 0.25) is 0 Å². The van der Waals surface area contributed by atoms with Gasteiger partial charge in [-0.1, -0.05) is 26.8 Å². The molecule has 112 valence electrons. The Morgan fingerprint density at radius 2 is 2.10 bits per heavy atom. The highest BCUT2D eigenvalue weighted by Crippen LogP contribution is 2.22. The van der Waals surface area contributed by atoms with Crippen LogP contribution in [0.25, 0.3) is 0 Å². The van der Waals surface area contributed by atoms with Crippen molar-refractivity contribution in [2.75, 3.05) is 6.54 Å². The van der Waals surface area contributed by atoms with Gasteiger partial charge in [0.1, 0.15) is 0 Å². The van der Waals surface area contributed by atoms with Crippen LogP contribution in [0.15, 0.2) is 18.2 Å². The summed E-state index contributed by atoms with van der Waals surface area (Å²) in [4.78, 5) is 10.4. The van der Waals surface area contributed by atoms with Crippen LogP contribution in [0.5, 0.6) is 0 Å². The number of nitro groups is 1. The Kier molecular flexibility index (Phi) is 7.43. The average Bonchev–Trinajstić information content (AvgIpc) is 2.37. The summed E-state index contributed by atoms with van der Waals surface area (Å²) >= 11 is 2.19. The van der Waals surface area contributed by atoms with Crippen molar-refractivity contribution < 1.29 is 4.92 Å². The third-order valence-corrected chi connectivity index (χ3v) is 4.16. The Morgan fingerprint density at radius 3 is 2.60 bits per heavy atom. The maximum Gasteiger partial charge on any atom is 0.270 e. The van der Waals surface area contributed by atoms with Crippen molar-refractivity contribution in [2.45, 2.75) is 46.1 Å². The molecule has 0 saturated carbocycles. The van der Waals surface area contributed by atoms with Crippen LogP contribution in [0, 0.1) is 19.6 Å². The van der Waals surface area contributed by atoms with Crippen molar-refractivity contribution in [3.05, 3.63) is 37.4 Å². The molecule has 5 heteroatoms. The van der Waals surface area contributed by atoms with E-state index in [1.807, 2.05) is 6.07 Å². The molecule has 0 radical (unpaired) electrons. The molecule has 4 nitrogen and oxygen atoms in total. The average molecular weight is 390 g/mol. The zero-order valence-electron chi connectivity index (χ0n) is 12.4. The largest absolute Gasteiger partial charge is 0.314 e. The highest BCUT2D eigenvalue weighted by atomic mass is 127. The molecule has 0 spiro atoms. The van der Waals surface area contributed by atoms with Crippen LogP contribution < -0.4 is 5.32 Å². The summed E-state index contributed by atoms with van der Waals surface area (Å²) < 4.78 is 0.976. The van der Waals surface area contributed by atoms with Crippen LogP contribution in [0.1, 0.15) is 39.2 Å². The van der Waals surface area contributed by atoms with Gasteiger partial charge in [-0.3, -0.25) is 10.1 Å². The molecule has 0 fully saturated rings. The smallest absolute Gasteiger partial charge is 0.270 e. The topological polar surface area (TPSA) is 55.2 Å². The van der Waals surface area contributed by atoms with E-state index in [9.17, 15) is 10.1 Å². The minimum absolute atomic E-state index is 0.167. The molecule has 0 saturated heterocycles. The van der Waals surface area contributed by atoms with Crippen molar-refractivity contribution in [2.24, 2.45) is 5.92 Å². The fourth-order valence-corrected chi connectivity index (χ4v) is 2.96. The Bertz CT molecular complexity index is 449. The normalized spacial score (nSPS) is 12.7. The quantitative estimate of drug-likeness (QED) is 0.412. The standard InChI is InChI=1S/C15H23IN2O2/c1-4-7-17-13(8-11(2)3)9-12-5-6-14(18(19)20)10-15(12)16/h5-6,10-11,13,17H,4,7-9H2,1-3H3. The fourth-order valence-electron chi connectivity index (χ4n) is 2.24. The molecular weight excluding hydrogens is 367 g/mol. The van der Waals surface area contributed by atoms with Crippen molar-refractivity contribution in [1.29, 1.82) is 0 Å². The molecule has 20 heavy (non-hydrogen) atoms. The third kappa shape index (κ3) is 5.75.